The van der Waals surface area contributed by atoms with Crippen molar-refractivity contribution in [1.82, 2.24) is 47.9 Å². The maximum absolute atomic E-state index is 14.2. The third-order valence-corrected chi connectivity index (χ3v) is 14.0. The predicted molar refractivity (Wildman–Crippen MR) is 321 cm³/mol. The maximum Gasteiger partial charge on any atom is 0.303 e. The Morgan fingerprint density at radius 2 is 0.867 bits per heavy atom. The second kappa shape index (κ2) is 44.4. The molecule has 25 nitrogen and oxygen atoms in total. The zero-order valence-corrected chi connectivity index (χ0v) is 51.8. The summed E-state index contributed by atoms with van der Waals surface area (Å²) in [7, 11) is 1.31. The number of aliphatic imine (C=N–C) groups is 1. The van der Waals surface area contributed by atoms with Gasteiger partial charge in [-0.15, -0.1) is 0 Å². The summed E-state index contributed by atoms with van der Waals surface area (Å²) in [4.78, 5) is 138. The highest BCUT2D eigenvalue weighted by Crippen LogP contribution is 2.15. The van der Waals surface area contributed by atoms with Crippen molar-refractivity contribution >= 4 is 65.1 Å². The van der Waals surface area contributed by atoms with Crippen LogP contribution in [0.5, 0.6) is 0 Å². The Bertz CT molecular complexity index is 2000. The van der Waals surface area contributed by atoms with Crippen LogP contribution in [-0.2, 0) is 47.9 Å². The molecule has 0 aromatic rings. The molecule has 0 unspecified atom stereocenters. The second-order valence-corrected chi connectivity index (χ2v) is 23.1. The zero-order valence-electron chi connectivity index (χ0n) is 51.8. The number of hydrogen-bond acceptors (Lipinski definition) is 13. The van der Waals surface area contributed by atoms with E-state index in [4.69, 9.17) is 17.2 Å². The molecule has 0 aliphatic heterocycles. The van der Waals surface area contributed by atoms with Gasteiger partial charge in [0.15, 0.2) is 5.96 Å². The van der Waals surface area contributed by atoms with E-state index >= 15 is 0 Å². The number of aliphatic carboxylic acids is 1. The lowest BCUT2D eigenvalue weighted by Gasteiger charge is -2.29. The van der Waals surface area contributed by atoms with Crippen molar-refractivity contribution < 1.29 is 58.2 Å². The minimum atomic E-state index is -1.66. The number of nitrogens with two attached hydrogens (primary N) is 3. The Morgan fingerprint density at radius 3 is 1.31 bits per heavy atom. The fourth-order valence-corrected chi connectivity index (χ4v) is 9.14. The number of carbonyl (C=O) groups excluding carboxylic acids is 9. The standard InChI is InChI=1S/C58H109N13O12/c1-11-12-13-14-15-16-17-18-19-20-21-22-23-29-46(73)70-48(38(6)7)56(82)69-44(34-36(2)3)54(80)64-39(8)50(76)71-49(40(9)72)57(83)67-41(27-24-25-32-59)53(79)68-45(35-37(4)5)55(81)65-42(28-26-33-63-58(60)61)52(78)66-43(51(77)62-10)30-31-47(74)75/h36-45,48-49,72H,11-35,59H2,1-10H3,(H,62,77)(H,64,80)(H,65,81)(H,66,78)(H,67,83)(H,68,79)(H,69,82)(H,70,73)(H,71,76)(H,74,75)(H4,60,61,63)/t39-,40+,41-,42-,43-,44-,45-,48-,49-/m0/s1. The SMILES string of the molecule is CCCCCCCCCCCCCCCC(=O)N[C@H](C(=O)N[C@@H](CC(C)C)C(=O)N[C@@H](C)C(=O)N[C@H](C(=O)N[C@@H](CCCCN)C(=O)N[C@@H](CC(C)C)C(=O)N[C@@H](CCCN=C(N)N)C(=O)N[C@@H](CCC(=O)O)C(=O)NC)[C@@H](C)O)C(C)C. The van der Waals surface area contributed by atoms with E-state index in [1.54, 1.807) is 27.7 Å². The van der Waals surface area contributed by atoms with Crippen molar-refractivity contribution in [2.75, 3.05) is 20.1 Å². The van der Waals surface area contributed by atoms with Crippen molar-refractivity contribution in [3.05, 3.63) is 0 Å². The monoisotopic (exact) mass is 1180 g/mol. The average molecular weight is 1180 g/mol. The van der Waals surface area contributed by atoms with E-state index in [1.807, 2.05) is 13.8 Å². The van der Waals surface area contributed by atoms with E-state index in [9.17, 15) is 58.2 Å². The Balaban J connectivity index is 6.11. The number of unbranched alkanes of at least 4 members (excludes halogenated alkanes) is 13. The number of nitrogens with zero attached hydrogens (tertiary/aromatic N) is 1. The molecular formula is C58H109N13O12. The van der Waals surface area contributed by atoms with Crippen LogP contribution in [0, 0.1) is 17.8 Å². The van der Waals surface area contributed by atoms with Gasteiger partial charge in [-0.25, -0.2) is 0 Å². The molecule has 9 amide bonds. The van der Waals surface area contributed by atoms with Crippen LogP contribution in [0.15, 0.2) is 4.99 Å². The summed E-state index contributed by atoms with van der Waals surface area (Å²) in [5.41, 5.74) is 16.7. The number of carboxylic acids is 1. The van der Waals surface area contributed by atoms with E-state index < -0.39 is 114 Å². The molecule has 0 spiro atoms. The van der Waals surface area contributed by atoms with Crippen LogP contribution >= 0.6 is 0 Å². The number of carboxylic acid groups (broad SMARTS) is 1. The first-order valence-corrected chi connectivity index (χ1v) is 30.5. The molecule has 0 aromatic carbocycles. The molecule has 0 aromatic heterocycles. The van der Waals surface area contributed by atoms with Gasteiger partial charge >= 0.3 is 5.97 Å². The molecular weight excluding hydrogens is 1070 g/mol. The molecule has 0 bridgehead atoms. The van der Waals surface area contributed by atoms with Gasteiger partial charge in [0.25, 0.3) is 0 Å². The summed E-state index contributed by atoms with van der Waals surface area (Å²) in [6, 6.07) is -10.2. The maximum atomic E-state index is 14.2. The van der Waals surface area contributed by atoms with E-state index in [0.717, 1.165) is 19.3 Å². The molecule has 83 heavy (non-hydrogen) atoms. The molecule has 0 fully saturated rings. The smallest absolute Gasteiger partial charge is 0.303 e. The molecule has 9 atom stereocenters. The van der Waals surface area contributed by atoms with E-state index in [0.29, 0.717) is 19.3 Å². The van der Waals surface area contributed by atoms with Gasteiger partial charge in [0, 0.05) is 26.4 Å². The first kappa shape index (κ1) is 76.9. The summed E-state index contributed by atoms with van der Waals surface area (Å²) < 4.78 is 0. The molecule has 478 valence electrons. The van der Waals surface area contributed by atoms with Gasteiger partial charge in [0.1, 0.15) is 48.3 Å². The molecule has 17 N–H and O–H groups in total. The third-order valence-electron chi connectivity index (χ3n) is 14.0. The van der Waals surface area contributed by atoms with Gasteiger partial charge in [-0.3, -0.25) is 52.9 Å². The Hall–Kier alpha value is -6.11. The van der Waals surface area contributed by atoms with Crippen LogP contribution < -0.4 is 65.1 Å². The van der Waals surface area contributed by atoms with Crippen molar-refractivity contribution in [2.24, 2.45) is 39.9 Å². The van der Waals surface area contributed by atoms with Crippen molar-refractivity contribution in [1.29, 1.82) is 0 Å². The minimum Gasteiger partial charge on any atom is -0.481 e. The fraction of sp³-hybridized carbons (Fsp3) is 0.810. The van der Waals surface area contributed by atoms with Gasteiger partial charge in [-0.1, -0.05) is 126 Å². The molecule has 0 saturated carbocycles. The summed E-state index contributed by atoms with van der Waals surface area (Å²) in [6.45, 7) is 16.0. The Morgan fingerprint density at radius 1 is 0.446 bits per heavy atom. The van der Waals surface area contributed by atoms with E-state index in [-0.39, 0.29) is 87.7 Å². The largest absolute Gasteiger partial charge is 0.481 e. The Labute approximate surface area is 494 Å². The van der Waals surface area contributed by atoms with Crippen LogP contribution in [0.2, 0.25) is 0 Å². The van der Waals surface area contributed by atoms with Crippen LogP contribution in [0.25, 0.3) is 0 Å². The lowest BCUT2D eigenvalue weighted by atomic mass is 9.99. The quantitative estimate of drug-likeness (QED) is 0.0236. The third kappa shape index (κ3) is 35.6. The summed E-state index contributed by atoms with van der Waals surface area (Å²) >= 11 is 0. The van der Waals surface area contributed by atoms with Gasteiger partial charge < -0.3 is 75.3 Å². The van der Waals surface area contributed by atoms with Crippen molar-refractivity contribution in [3.63, 3.8) is 0 Å². The number of hydrogen-bond donors (Lipinski definition) is 14. The summed E-state index contributed by atoms with van der Waals surface area (Å²) in [6.07, 6.45) is 14.4. The van der Waals surface area contributed by atoms with E-state index in [1.165, 1.54) is 78.7 Å². The first-order chi connectivity index (χ1) is 39.2. The lowest BCUT2D eigenvalue weighted by molar-refractivity contribution is -0.138. The number of likely N-dealkylation sites (N-methyl/N-ethyl adjacent to an activating group) is 1. The minimum absolute atomic E-state index is 0.00849. The number of aliphatic hydroxyl groups is 1. The molecule has 0 aliphatic carbocycles. The number of nitrogens with one attached hydrogen (secondary N) is 9. The van der Waals surface area contributed by atoms with Crippen molar-refractivity contribution in [2.45, 2.75) is 264 Å². The Kier molecular flexibility index (Phi) is 41.1. The van der Waals surface area contributed by atoms with Crippen LogP contribution in [0.3, 0.4) is 0 Å². The normalized spacial score (nSPS) is 14.5. The predicted octanol–water partition coefficient (Wildman–Crippen LogP) is 2.29. The number of guanidine groups is 1. The molecule has 0 saturated heterocycles. The average Bonchev–Trinajstić information content (AvgIpc) is 3.47. The highest BCUT2D eigenvalue weighted by Gasteiger charge is 2.36. The van der Waals surface area contributed by atoms with Crippen LogP contribution in [-0.4, -0.2) is 150 Å². The summed E-state index contributed by atoms with van der Waals surface area (Å²) in [5, 5.41) is 43.5. The second-order valence-electron chi connectivity index (χ2n) is 23.1. The molecule has 0 rings (SSSR count). The lowest BCUT2D eigenvalue weighted by Crippen LogP contribution is -2.61. The van der Waals surface area contributed by atoms with Gasteiger partial charge in [-0.2, -0.15) is 0 Å². The van der Waals surface area contributed by atoms with Crippen LogP contribution in [0.1, 0.15) is 210 Å². The summed E-state index contributed by atoms with van der Waals surface area (Å²) in [5.74, 6) is -8.51. The number of carbonyl (C=O) groups is 10. The highest BCUT2D eigenvalue weighted by molar-refractivity contribution is 5.98. The van der Waals surface area contributed by atoms with Crippen molar-refractivity contribution in [3.8, 4) is 0 Å². The zero-order chi connectivity index (χ0) is 63.0. The van der Waals surface area contributed by atoms with Gasteiger partial charge in [0.05, 0.1) is 6.10 Å². The highest BCUT2D eigenvalue weighted by atomic mass is 16.4. The van der Waals surface area contributed by atoms with Crippen LogP contribution in [0.4, 0.5) is 0 Å². The number of aliphatic hydroxyl groups excluding tert-OH is 1. The van der Waals surface area contributed by atoms with Gasteiger partial charge in [-0.05, 0) is 95.9 Å². The van der Waals surface area contributed by atoms with E-state index in [2.05, 4.69) is 59.8 Å². The number of rotatable bonds is 47. The molecule has 0 aliphatic rings. The number of amides is 9. The molecule has 0 radical (unpaired) electrons. The molecule has 0 heterocycles. The topological polar surface area (TPSA) is 410 Å². The van der Waals surface area contributed by atoms with Gasteiger partial charge in [0.2, 0.25) is 53.2 Å². The molecule has 25 heteroatoms. The first-order valence-electron chi connectivity index (χ1n) is 30.5. The fourth-order valence-electron chi connectivity index (χ4n) is 9.14.